The first-order valence-electron chi connectivity index (χ1n) is 7.18. The number of hydrogen-bond donors (Lipinski definition) is 1. The van der Waals surface area contributed by atoms with Gasteiger partial charge in [0, 0.05) is 38.6 Å². The van der Waals surface area contributed by atoms with Gasteiger partial charge in [0.25, 0.3) is 0 Å². The SMILES string of the molecule is CCN(Cc1ccncc1)C(=O)N1CC(C)C(C(=O)O)C1. The van der Waals surface area contributed by atoms with Crippen LogP contribution in [0.1, 0.15) is 19.4 Å². The Morgan fingerprint density at radius 3 is 2.57 bits per heavy atom. The first-order valence-corrected chi connectivity index (χ1v) is 7.18. The molecule has 0 aromatic carbocycles. The number of amides is 2. The van der Waals surface area contributed by atoms with E-state index in [-0.39, 0.29) is 11.9 Å². The average Bonchev–Trinajstić information content (AvgIpc) is 2.87. The summed E-state index contributed by atoms with van der Waals surface area (Å²) >= 11 is 0. The van der Waals surface area contributed by atoms with Gasteiger partial charge < -0.3 is 14.9 Å². The van der Waals surface area contributed by atoms with Crippen LogP contribution in [0.25, 0.3) is 0 Å². The van der Waals surface area contributed by atoms with Gasteiger partial charge in [-0.15, -0.1) is 0 Å². The second-order valence-corrected chi connectivity index (χ2v) is 5.48. The van der Waals surface area contributed by atoms with Crippen molar-refractivity contribution >= 4 is 12.0 Å². The van der Waals surface area contributed by atoms with Crippen LogP contribution >= 0.6 is 0 Å². The maximum Gasteiger partial charge on any atom is 0.320 e. The third-order valence-corrected chi connectivity index (χ3v) is 3.98. The van der Waals surface area contributed by atoms with E-state index in [0.717, 1.165) is 5.56 Å². The number of hydrogen-bond acceptors (Lipinski definition) is 3. The summed E-state index contributed by atoms with van der Waals surface area (Å²) in [6.07, 6.45) is 3.40. The van der Waals surface area contributed by atoms with Crippen molar-refractivity contribution in [2.75, 3.05) is 19.6 Å². The molecule has 2 amide bonds. The predicted octanol–water partition coefficient (Wildman–Crippen LogP) is 1.68. The lowest BCUT2D eigenvalue weighted by molar-refractivity contribution is -0.142. The highest BCUT2D eigenvalue weighted by Crippen LogP contribution is 2.24. The van der Waals surface area contributed by atoms with Crippen molar-refractivity contribution in [3.63, 3.8) is 0 Å². The Morgan fingerprint density at radius 2 is 2.05 bits per heavy atom. The lowest BCUT2D eigenvalue weighted by Crippen LogP contribution is -2.42. The predicted molar refractivity (Wildman–Crippen MR) is 77.6 cm³/mol. The fraction of sp³-hybridized carbons (Fsp3) is 0.533. The topological polar surface area (TPSA) is 73.7 Å². The lowest BCUT2D eigenvalue weighted by Gasteiger charge is -2.27. The molecule has 1 saturated heterocycles. The summed E-state index contributed by atoms with van der Waals surface area (Å²) in [5, 5.41) is 9.16. The van der Waals surface area contributed by atoms with Crippen LogP contribution in [-0.2, 0) is 11.3 Å². The Bertz CT molecular complexity index is 506. The maximum absolute atomic E-state index is 12.5. The van der Waals surface area contributed by atoms with Crippen molar-refractivity contribution in [2.45, 2.75) is 20.4 Å². The van der Waals surface area contributed by atoms with Crippen LogP contribution in [0.15, 0.2) is 24.5 Å². The Morgan fingerprint density at radius 1 is 1.38 bits per heavy atom. The zero-order valence-electron chi connectivity index (χ0n) is 12.4. The number of rotatable bonds is 4. The number of carboxylic acids is 1. The third-order valence-electron chi connectivity index (χ3n) is 3.98. The molecule has 2 heterocycles. The van der Waals surface area contributed by atoms with Crippen molar-refractivity contribution in [3.8, 4) is 0 Å². The molecule has 6 nitrogen and oxygen atoms in total. The van der Waals surface area contributed by atoms with Crippen LogP contribution in [-0.4, -0.2) is 51.5 Å². The normalized spacial score (nSPS) is 21.3. The molecule has 1 aromatic rings. The zero-order valence-corrected chi connectivity index (χ0v) is 12.4. The molecule has 1 aromatic heterocycles. The quantitative estimate of drug-likeness (QED) is 0.916. The van der Waals surface area contributed by atoms with E-state index in [1.807, 2.05) is 26.0 Å². The van der Waals surface area contributed by atoms with E-state index in [9.17, 15) is 9.59 Å². The number of likely N-dealkylation sites (tertiary alicyclic amines) is 1. The molecule has 2 atom stereocenters. The summed E-state index contributed by atoms with van der Waals surface area (Å²) in [6, 6.07) is 3.66. The number of carboxylic acid groups (broad SMARTS) is 1. The Kier molecular flexibility index (Phi) is 4.77. The van der Waals surface area contributed by atoms with Gasteiger partial charge in [-0.1, -0.05) is 6.92 Å². The van der Waals surface area contributed by atoms with Crippen molar-refractivity contribution in [1.29, 1.82) is 0 Å². The molecule has 2 unspecified atom stereocenters. The smallest absolute Gasteiger partial charge is 0.320 e. The lowest BCUT2D eigenvalue weighted by atomic mass is 9.99. The van der Waals surface area contributed by atoms with Gasteiger partial charge in [0.05, 0.1) is 5.92 Å². The zero-order chi connectivity index (χ0) is 15.4. The number of aliphatic carboxylic acids is 1. The minimum Gasteiger partial charge on any atom is -0.481 e. The highest BCUT2D eigenvalue weighted by molar-refractivity contribution is 5.77. The minimum atomic E-state index is -0.824. The standard InChI is InChI=1S/C15H21N3O3/c1-3-17(9-12-4-6-16-7-5-12)15(21)18-8-11(2)13(10-18)14(19)20/h4-7,11,13H,3,8-10H2,1-2H3,(H,19,20). The van der Waals surface area contributed by atoms with Gasteiger partial charge >= 0.3 is 12.0 Å². The molecule has 1 N–H and O–H groups in total. The van der Waals surface area contributed by atoms with Gasteiger partial charge in [-0.3, -0.25) is 9.78 Å². The summed E-state index contributed by atoms with van der Waals surface area (Å²) in [5.74, 6) is -1.30. The number of pyridine rings is 1. The third kappa shape index (κ3) is 3.51. The summed E-state index contributed by atoms with van der Waals surface area (Å²) in [6.45, 7) is 5.70. The van der Waals surface area contributed by atoms with Crippen LogP contribution in [0.4, 0.5) is 4.79 Å². The molecular formula is C15H21N3O3. The van der Waals surface area contributed by atoms with E-state index in [2.05, 4.69) is 4.98 Å². The maximum atomic E-state index is 12.5. The van der Waals surface area contributed by atoms with Crippen LogP contribution in [0.5, 0.6) is 0 Å². The van der Waals surface area contributed by atoms with Gasteiger partial charge in [0.1, 0.15) is 0 Å². The number of carbonyl (C=O) groups is 2. The van der Waals surface area contributed by atoms with E-state index in [1.54, 1.807) is 22.2 Å². The first kappa shape index (κ1) is 15.3. The average molecular weight is 291 g/mol. The molecule has 114 valence electrons. The molecule has 1 aliphatic rings. The van der Waals surface area contributed by atoms with Crippen molar-refractivity contribution in [1.82, 2.24) is 14.8 Å². The summed E-state index contributed by atoms with van der Waals surface area (Å²) in [4.78, 5) is 31.0. The summed E-state index contributed by atoms with van der Waals surface area (Å²) in [5.41, 5.74) is 1.02. The van der Waals surface area contributed by atoms with Crippen molar-refractivity contribution in [2.24, 2.45) is 11.8 Å². The number of carbonyl (C=O) groups excluding carboxylic acids is 1. The monoisotopic (exact) mass is 291 g/mol. The minimum absolute atomic E-state index is 0.00826. The molecule has 1 aliphatic heterocycles. The first-order chi connectivity index (χ1) is 10.0. The molecule has 0 aliphatic carbocycles. The largest absolute Gasteiger partial charge is 0.481 e. The van der Waals surface area contributed by atoms with Crippen LogP contribution in [0.2, 0.25) is 0 Å². The van der Waals surface area contributed by atoms with Gasteiger partial charge in [0.15, 0.2) is 0 Å². The molecule has 0 bridgehead atoms. The Balaban J connectivity index is 2.02. The van der Waals surface area contributed by atoms with E-state index >= 15 is 0 Å². The summed E-state index contributed by atoms with van der Waals surface area (Å²) < 4.78 is 0. The van der Waals surface area contributed by atoms with Crippen molar-refractivity contribution in [3.05, 3.63) is 30.1 Å². The number of urea groups is 1. The molecule has 21 heavy (non-hydrogen) atoms. The van der Waals surface area contributed by atoms with Crippen molar-refractivity contribution < 1.29 is 14.7 Å². The fourth-order valence-corrected chi connectivity index (χ4v) is 2.67. The van der Waals surface area contributed by atoms with Crippen LogP contribution in [0.3, 0.4) is 0 Å². The molecule has 0 radical (unpaired) electrons. The molecule has 0 spiro atoms. The number of nitrogens with zero attached hydrogens (tertiary/aromatic N) is 3. The molecule has 1 fully saturated rings. The second-order valence-electron chi connectivity index (χ2n) is 5.48. The van der Waals surface area contributed by atoms with E-state index in [0.29, 0.717) is 26.2 Å². The van der Waals surface area contributed by atoms with Gasteiger partial charge in [0.2, 0.25) is 0 Å². The fourth-order valence-electron chi connectivity index (χ4n) is 2.67. The molecule has 6 heteroatoms. The molecule has 2 rings (SSSR count). The van der Waals surface area contributed by atoms with Crippen LogP contribution in [0, 0.1) is 11.8 Å². The second kappa shape index (κ2) is 6.56. The Hall–Kier alpha value is -2.11. The van der Waals surface area contributed by atoms with Gasteiger partial charge in [-0.2, -0.15) is 0 Å². The molecular weight excluding hydrogens is 270 g/mol. The Labute approximate surface area is 124 Å². The highest BCUT2D eigenvalue weighted by atomic mass is 16.4. The van der Waals surface area contributed by atoms with Crippen LogP contribution < -0.4 is 0 Å². The van der Waals surface area contributed by atoms with Gasteiger partial charge in [-0.05, 0) is 30.5 Å². The van der Waals surface area contributed by atoms with E-state index in [1.165, 1.54) is 0 Å². The van der Waals surface area contributed by atoms with Gasteiger partial charge in [-0.25, -0.2) is 4.79 Å². The highest BCUT2D eigenvalue weighted by Gasteiger charge is 2.38. The van der Waals surface area contributed by atoms with E-state index in [4.69, 9.17) is 5.11 Å². The number of aromatic nitrogens is 1. The summed E-state index contributed by atoms with van der Waals surface area (Å²) in [7, 11) is 0. The van der Waals surface area contributed by atoms with E-state index < -0.39 is 11.9 Å². The molecule has 0 saturated carbocycles.